The Morgan fingerprint density at radius 2 is 1.62 bits per heavy atom. The third-order valence-electron chi connectivity index (χ3n) is 4.28. The van der Waals surface area contributed by atoms with Crippen LogP contribution in [0.5, 0.6) is 0 Å². The highest BCUT2D eigenvalue weighted by Gasteiger charge is 2.15. The van der Waals surface area contributed by atoms with E-state index >= 15 is 0 Å². The van der Waals surface area contributed by atoms with Gasteiger partial charge in [0.15, 0.2) is 5.78 Å². The van der Waals surface area contributed by atoms with Gasteiger partial charge in [-0.3, -0.25) is 4.79 Å². The van der Waals surface area contributed by atoms with Crippen molar-refractivity contribution in [1.82, 2.24) is 9.97 Å². The summed E-state index contributed by atoms with van der Waals surface area (Å²) < 4.78 is 14.0. The highest BCUT2D eigenvalue weighted by Crippen LogP contribution is 2.26. The van der Waals surface area contributed by atoms with Crippen LogP contribution in [0.25, 0.3) is 33.5 Å². The number of rotatable bonds is 4. The fourth-order valence-electron chi connectivity index (χ4n) is 2.92. The number of carbonyl (C=O) groups excluding carboxylic acids is 1. The van der Waals surface area contributed by atoms with Gasteiger partial charge in [-0.15, -0.1) is 0 Å². The van der Waals surface area contributed by atoms with E-state index in [1.165, 1.54) is 12.1 Å². The molecule has 0 aliphatic heterocycles. The van der Waals surface area contributed by atoms with E-state index in [1.807, 2.05) is 54.6 Å². The summed E-state index contributed by atoms with van der Waals surface area (Å²) in [5.74, 6) is -0.750. The van der Waals surface area contributed by atoms with Crippen LogP contribution in [0.3, 0.4) is 0 Å². The molecule has 3 aromatic carbocycles. The first-order valence-electron chi connectivity index (χ1n) is 8.15. The fourth-order valence-corrected chi connectivity index (χ4v) is 2.92. The van der Waals surface area contributed by atoms with Crippen LogP contribution in [-0.4, -0.2) is 27.5 Å². The van der Waals surface area contributed by atoms with Crippen LogP contribution in [0.2, 0.25) is 0 Å². The number of H-pyrrole nitrogens is 1. The van der Waals surface area contributed by atoms with Crippen molar-refractivity contribution >= 4 is 16.8 Å². The van der Waals surface area contributed by atoms with E-state index in [-0.39, 0.29) is 5.56 Å². The van der Waals surface area contributed by atoms with Crippen molar-refractivity contribution in [3.05, 3.63) is 78.1 Å². The van der Waals surface area contributed by atoms with Gasteiger partial charge in [-0.1, -0.05) is 54.6 Å². The average molecular weight is 346 g/mol. The standard InChI is InChI=1S/C21H15FN2O2/c22-17-11-19-18(10-16(17)20(26)12-25)23-21(24-19)15-8-6-14(7-9-15)13-4-2-1-3-5-13/h1-11,25H,12H2,(H,23,24). The molecule has 0 bridgehead atoms. The lowest BCUT2D eigenvalue weighted by Gasteiger charge is -2.02. The van der Waals surface area contributed by atoms with Crippen molar-refractivity contribution in [2.24, 2.45) is 0 Å². The molecule has 0 aliphatic carbocycles. The number of ketones is 1. The SMILES string of the molecule is O=C(CO)c1cc2nc(-c3ccc(-c4ccccc4)cc3)[nH]c2cc1F. The Bertz CT molecular complexity index is 1090. The average Bonchev–Trinajstić information content (AvgIpc) is 3.10. The number of aliphatic hydroxyl groups excluding tert-OH is 1. The van der Waals surface area contributed by atoms with Gasteiger partial charge in [-0.25, -0.2) is 9.37 Å². The Morgan fingerprint density at radius 3 is 2.31 bits per heavy atom. The number of nitrogens with one attached hydrogen (secondary N) is 1. The summed E-state index contributed by atoms with van der Waals surface area (Å²) in [5, 5.41) is 8.94. The van der Waals surface area contributed by atoms with E-state index < -0.39 is 18.2 Å². The Balaban J connectivity index is 1.71. The third kappa shape index (κ3) is 2.89. The molecule has 5 heteroatoms. The second kappa shape index (κ2) is 6.54. The molecule has 4 aromatic rings. The van der Waals surface area contributed by atoms with E-state index in [9.17, 15) is 9.18 Å². The first kappa shape index (κ1) is 16.2. The maximum atomic E-state index is 14.0. The number of benzene rings is 3. The molecule has 1 aromatic heterocycles. The van der Waals surface area contributed by atoms with Gasteiger partial charge in [0.05, 0.1) is 16.6 Å². The summed E-state index contributed by atoms with van der Waals surface area (Å²) in [6, 6.07) is 20.5. The van der Waals surface area contributed by atoms with Crippen molar-refractivity contribution in [2.45, 2.75) is 0 Å². The molecule has 1 heterocycles. The smallest absolute Gasteiger partial charge is 0.191 e. The van der Waals surface area contributed by atoms with Crippen molar-refractivity contribution in [3.63, 3.8) is 0 Å². The second-order valence-electron chi connectivity index (χ2n) is 5.96. The molecule has 0 amide bonds. The number of halogens is 1. The molecular formula is C21H15FN2O2. The lowest BCUT2D eigenvalue weighted by atomic mass is 10.0. The van der Waals surface area contributed by atoms with Gasteiger partial charge in [-0.2, -0.15) is 0 Å². The van der Waals surface area contributed by atoms with E-state index in [1.54, 1.807) is 0 Å². The molecule has 0 saturated heterocycles. The Kier molecular flexibility index (Phi) is 4.07. The highest BCUT2D eigenvalue weighted by atomic mass is 19.1. The molecule has 4 nitrogen and oxygen atoms in total. The van der Waals surface area contributed by atoms with Gasteiger partial charge < -0.3 is 10.1 Å². The minimum Gasteiger partial charge on any atom is -0.388 e. The topological polar surface area (TPSA) is 66.0 Å². The van der Waals surface area contributed by atoms with Crippen molar-refractivity contribution < 1.29 is 14.3 Å². The van der Waals surface area contributed by atoms with Crippen molar-refractivity contribution in [3.8, 4) is 22.5 Å². The molecule has 0 atom stereocenters. The van der Waals surface area contributed by atoms with Crippen LogP contribution >= 0.6 is 0 Å². The summed E-state index contributed by atoms with van der Waals surface area (Å²) in [4.78, 5) is 19.1. The van der Waals surface area contributed by atoms with Gasteiger partial charge in [-0.05, 0) is 17.2 Å². The quantitative estimate of drug-likeness (QED) is 0.544. The number of aromatic amines is 1. The zero-order valence-corrected chi connectivity index (χ0v) is 13.7. The molecular weight excluding hydrogens is 331 g/mol. The predicted octanol–water partition coefficient (Wildman–Crippen LogP) is 4.21. The van der Waals surface area contributed by atoms with Crippen molar-refractivity contribution in [2.75, 3.05) is 6.61 Å². The fraction of sp³-hybridized carbons (Fsp3) is 0.0476. The van der Waals surface area contributed by atoms with Crippen LogP contribution in [0, 0.1) is 5.82 Å². The molecule has 128 valence electrons. The van der Waals surface area contributed by atoms with Gasteiger partial charge >= 0.3 is 0 Å². The summed E-state index contributed by atoms with van der Waals surface area (Å²) in [6.07, 6.45) is 0. The number of aliphatic hydroxyl groups is 1. The number of fused-ring (bicyclic) bond motifs is 1. The number of imidazole rings is 1. The predicted molar refractivity (Wildman–Crippen MR) is 98.3 cm³/mol. The summed E-state index contributed by atoms with van der Waals surface area (Å²) in [5.41, 5.74) is 3.89. The Labute approximate surface area is 149 Å². The van der Waals surface area contributed by atoms with Crippen LogP contribution < -0.4 is 0 Å². The minimum absolute atomic E-state index is 0.155. The van der Waals surface area contributed by atoms with E-state index in [4.69, 9.17) is 5.11 Å². The largest absolute Gasteiger partial charge is 0.388 e. The van der Waals surface area contributed by atoms with E-state index in [2.05, 4.69) is 9.97 Å². The summed E-state index contributed by atoms with van der Waals surface area (Å²) in [6.45, 7) is -0.735. The molecule has 2 N–H and O–H groups in total. The summed E-state index contributed by atoms with van der Waals surface area (Å²) in [7, 11) is 0. The molecule has 0 radical (unpaired) electrons. The van der Waals surface area contributed by atoms with Gasteiger partial charge in [0.25, 0.3) is 0 Å². The van der Waals surface area contributed by atoms with Gasteiger partial charge in [0, 0.05) is 11.6 Å². The number of Topliss-reactive ketones (excluding diaryl/α,β-unsaturated/α-hetero) is 1. The Morgan fingerprint density at radius 1 is 0.962 bits per heavy atom. The van der Waals surface area contributed by atoms with Crippen LogP contribution in [0.1, 0.15) is 10.4 Å². The van der Waals surface area contributed by atoms with Crippen molar-refractivity contribution in [1.29, 1.82) is 0 Å². The minimum atomic E-state index is -0.735. The molecule has 26 heavy (non-hydrogen) atoms. The lowest BCUT2D eigenvalue weighted by Crippen LogP contribution is -2.06. The molecule has 0 aliphatic rings. The normalized spacial score (nSPS) is 11.0. The molecule has 4 rings (SSSR count). The van der Waals surface area contributed by atoms with Crippen LogP contribution in [-0.2, 0) is 0 Å². The number of nitrogens with zero attached hydrogens (tertiary/aromatic N) is 1. The van der Waals surface area contributed by atoms with E-state index in [0.717, 1.165) is 16.7 Å². The van der Waals surface area contributed by atoms with Gasteiger partial charge in [0.2, 0.25) is 0 Å². The Hall–Kier alpha value is -3.31. The molecule has 0 unspecified atom stereocenters. The maximum Gasteiger partial charge on any atom is 0.191 e. The first-order valence-corrected chi connectivity index (χ1v) is 8.15. The third-order valence-corrected chi connectivity index (χ3v) is 4.28. The monoisotopic (exact) mass is 346 g/mol. The molecule has 0 saturated carbocycles. The highest BCUT2D eigenvalue weighted by molar-refractivity contribution is 6.00. The van der Waals surface area contributed by atoms with E-state index in [0.29, 0.717) is 16.9 Å². The maximum absolute atomic E-state index is 14.0. The van der Waals surface area contributed by atoms with Crippen LogP contribution in [0.15, 0.2) is 66.7 Å². The zero-order valence-electron chi connectivity index (χ0n) is 13.7. The number of aromatic nitrogens is 2. The number of carbonyl (C=O) groups is 1. The summed E-state index contributed by atoms with van der Waals surface area (Å²) >= 11 is 0. The number of hydrogen-bond acceptors (Lipinski definition) is 3. The molecule has 0 fully saturated rings. The van der Waals surface area contributed by atoms with Gasteiger partial charge in [0.1, 0.15) is 18.2 Å². The number of hydrogen-bond donors (Lipinski definition) is 2. The van der Waals surface area contributed by atoms with Crippen LogP contribution in [0.4, 0.5) is 4.39 Å². The zero-order chi connectivity index (χ0) is 18.1. The first-order chi connectivity index (χ1) is 12.7. The molecule has 0 spiro atoms. The second-order valence-corrected chi connectivity index (χ2v) is 5.96. The lowest BCUT2D eigenvalue weighted by molar-refractivity contribution is 0.0900.